The van der Waals surface area contributed by atoms with Gasteiger partial charge in [0, 0.05) is 12.0 Å². The van der Waals surface area contributed by atoms with E-state index in [0.29, 0.717) is 12.3 Å². The van der Waals surface area contributed by atoms with E-state index in [2.05, 4.69) is 0 Å². The molecule has 0 atom stereocenters. The second-order valence-corrected chi connectivity index (χ2v) is 4.29. The highest BCUT2D eigenvalue weighted by Gasteiger charge is 2.27. The topological polar surface area (TPSA) is 30.2 Å². The third-order valence-corrected chi connectivity index (χ3v) is 3.01. The largest absolute Gasteiger partial charge is 0.466 e. The first kappa shape index (κ1) is 9.50. The van der Waals surface area contributed by atoms with Crippen LogP contribution in [0.15, 0.2) is 4.42 Å². The van der Waals surface area contributed by atoms with Crippen molar-refractivity contribution in [3.8, 4) is 0 Å². The Bertz CT molecular complexity index is 370. The maximum atomic E-state index is 11.9. The van der Waals surface area contributed by atoms with Gasteiger partial charge in [0.25, 0.3) is 0 Å². The van der Waals surface area contributed by atoms with E-state index in [9.17, 15) is 4.79 Å². The Kier molecular flexibility index (Phi) is 2.22. The fraction of sp³-hybridized carbons (Fsp3) is 0.583. The predicted molar refractivity (Wildman–Crippen MR) is 54.6 cm³/mol. The van der Waals surface area contributed by atoms with E-state index in [-0.39, 0.29) is 5.78 Å². The second-order valence-electron chi connectivity index (χ2n) is 4.29. The molecule has 1 heterocycles. The molecule has 2 rings (SSSR count). The lowest BCUT2D eigenvalue weighted by Gasteiger charge is -1.98. The SMILES string of the molecule is Cc1oc(C)c(C(=O)CC2CC2)c1C. The lowest BCUT2D eigenvalue weighted by atomic mass is 10.0. The molecule has 0 spiro atoms. The Hall–Kier alpha value is -1.05. The Morgan fingerprint density at radius 3 is 2.36 bits per heavy atom. The van der Waals surface area contributed by atoms with Gasteiger partial charge in [0.15, 0.2) is 5.78 Å². The van der Waals surface area contributed by atoms with Crippen LogP contribution in [0, 0.1) is 26.7 Å². The fourth-order valence-corrected chi connectivity index (χ4v) is 1.89. The van der Waals surface area contributed by atoms with Gasteiger partial charge in [0.1, 0.15) is 11.5 Å². The van der Waals surface area contributed by atoms with Gasteiger partial charge in [-0.2, -0.15) is 0 Å². The standard InChI is InChI=1S/C12H16O2/c1-7-8(2)14-9(3)12(7)11(13)6-10-4-5-10/h10H,4-6H2,1-3H3. The molecule has 0 aliphatic heterocycles. The highest BCUT2D eigenvalue weighted by molar-refractivity contribution is 5.98. The van der Waals surface area contributed by atoms with E-state index >= 15 is 0 Å². The number of ketones is 1. The summed E-state index contributed by atoms with van der Waals surface area (Å²) in [4.78, 5) is 11.9. The summed E-state index contributed by atoms with van der Waals surface area (Å²) in [5, 5.41) is 0. The van der Waals surface area contributed by atoms with Crippen molar-refractivity contribution in [1.82, 2.24) is 0 Å². The molecule has 1 aromatic heterocycles. The molecule has 2 nitrogen and oxygen atoms in total. The van der Waals surface area contributed by atoms with Crippen LogP contribution in [0.3, 0.4) is 0 Å². The summed E-state index contributed by atoms with van der Waals surface area (Å²) < 4.78 is 5.45. The van der Waals surface area contributed by atoms with Crippen LogP contribution in [-0.2, 0) is 0 Å². The van der Waals surface area contributed by atoms with Gasteiger partial charge in [-0.25, -0.2) is 0 Å². The van der Waals surface area contributed by atoms with Crippen molar-refractivity contribution in [3.05, 3.63) is 22.6 Å². The molecule has 0 unspecified atom stereocenters. The Balaban J connectivity index is 2.24. The molecule has 1 aliphatic rings. The molecule has 2 heteroatoms. The zero-order valence-electron chi connectivity index (χ0n) is 9.02. The molecule has 0 amide bonds. The molecule has 76 valence electrons. The van der Waals surface area contributed by atoms with Gasteiger partial charge in [0.05, 0.1) is 5.56 Å². The number of aryl methyl sites for hydroxylation is 2. The van der Waals surface area contributed by atoms with Crippen molar-refractivity contribution >= 4 is 5.78 Å². The lowest BCUT2D eigenvalue weighted by Crippen LogP contribution is -2.02. The molecule has 1 fully saturated rings. The highest BCUT2D eigenvalue weighted by Crippen LogP contribution is 2.34. The molecule has 0 radical (unpaired) electrons. The van der Waals surface area contributed by atoms with Crippen molar-refractivity contribution in [2.24, 2.45) is 5.92 Å². The molecule has 1 aromatic rings. The van der Waals surface area contributed by atoms with Gasteiger partial charge in [-0.15, -0.1) is 0 Å². The minimum atomic E-state index is 0.263. The zero-order chi connectivity index (χ0) is 10.3. The van der Waals surface area contributed by atoms with Crippen LogP contribution in [0.2, 0.25) is 0 Å². The van der Waals surface area contributed by atoms with Crippen molar-refractivity contribution in [3.63, 3.8) is 0 Å². The number of Topliss-reactive ketones (excluding diaryl/α,β-unsaturated/α-hetero) is 1. The predicted octanol–water partition coefficient (Wildman–Crippen LogP) is 3.19. The van der Waals surface area contributed by atoms with Crippen LogP contribution in [0.5, 0.6) is 0 Å². The summed E-state index contributed by atoms with van der Waals surface area (Å²) in [6.07, 6.45) is 3.15. The first-order valence-electron chi connectivity index (χ1n) is 5.19. The molecular formula is C12H16O2. The number of carbonyl (C=O) groups excluding carboxylic acids is 1. The molecule has 1 saturated carbocycles. The third kappa shape index (κ3) is 1.61. The molecule has 14 heavy (non-hydrogen) atoms. The van der Waals surface area contributed by atoms with Gasteiger partial charge in [-0.1, -0.05) is 0 Å². The van der Waals surface area contributed by atoms with E-state index in [1.165, 1.54) is 12.8 Å². The van der Waals surface area contributed by atoms with Gasteiger partial charge < -0.3 is 4.42 Å². The van der Waals surface area contributed by atoms with Gasteiger partial charge >= 0.3 is 0 Å². The average molecular weight is 192 g/mol. The smallest absolute Gasteiger partial charge is 0.166 e. The van der Waals surface area contributed by atoms with Crippen LogP contribution >= 0.6 is 0 Å². The molecule has 0 saturated heterocycles. The molecular weight excluding hydrogens is 176 g/mol. The maximum absolute atomic E-state index is 11.9. The number of furan rings is 1. The van der Waals surface area contributed by atoms with E-state index in [0.717, 1.165) is 22.6 Å². The molecule has 0 bridgehead atoms. The third-order valence-electron chi connectivity index (χ3n) is 3.01. The Morgan fingerprint density at radius 2 is 1.93 bits per heavy atom. The normalized spacial score (nSPS) is 15.9. The Morgan fingerprint density at radius 1 is 1.29 bits per heavy atom. The molecule has 0 aromatic carbocycles. The van der Waals surface area contributed by atoms with E-state index in [1.807, 2.05) is 20.8 Å². The summed E-state index contributed by atoms with van der Waals surface area (Å²) in [5.74, 6) is 2.57. The average Bonchev–Trinajstić information content (AvgIpc) is 2.83. The Labute approximate surface area is 84.3 Å². The summed E-state index contributed by atoms with van der Waals surface area (Å²) in [6.45, 7) is 5.75. The van der Waals surface area contributed by atoms with Crippen molar-refractivity contribution in [2.45, 2.75) is 40.0 Å². The van der Waals surface area contributed by atoms with Gasteiger partial charge in [-0.3, -0.25) is 4.79 Å². The van der Waals surface area contributed by atoms with Crippen LogP contribution in [0.25, 0.3) is 0 Å². The first-order chi connectivity index (χ1) is 6.59. The lowest BCUT2D eigenvalue weighted by molar-refractivity contribution is 0.0974. The van der Waals surface area contributed by atoms with Crippen molar-refractivity contribution < 1.29 is 9.21 Å². The van der Waals surface area contributed by atoms with Crippen LogP contribution in [0.1, 0.15) is 46.7 Å². The van der Waals surface area contributed by atoms with Crippen LogP contribution in [-0.4, -0.2) is 5.78 Å². The highest BCUT2D eigenvalue weighted by atomic mass is 16.3. The summed E-state index contributed by atoms with van der Waals surface area (Å²) in [5.41, 5.74) is 1.85. The van der Waals surface area contributed by atoms with Crippen LogP contribution in [0.4, 0.5) is 0 Å². The van der Waals surface area contributed by atoms with Gasteiger partial charge in [-0.05, 0) is 39.5 Å². The minimum absolute atomic E-state index is 0.263. The molecule has 1 aliphatic carbocycles. The summed E-state index contributed by atoms with van der Waals surface area (Å²) >= 11 is 0. The van der Waals surface area contributed by atoms with E-state index in [1.54, 1.807) is 0 Å². The monoisotopic (exact) mass is 192 g/mol. The summed E-state index contributed by atoms with van der Waals surface area (Å²) in [7, 11) is 0. The summed E-state index contributed by atoms with van der Waals surface area (Å²) in [6, 6.07) is 0. The first-order valence-corrected chi connectivity index (χ1v) is 5.19. The maximum Gasteiger partial charge on any atom is 0.166 e. The quantitative estimate of drug-likeness (QED) is 0.688. The number of hydrogen-bond donors (Lipinski definition) is 0. The molecule has 0 N–H and O–H groups in total. The van der Waals surface area contributed by atoms with Gasteiger partial charge in [0.2, 0.25) is 0 Å². The van der Waals surface area contributed by atoms with Crippen molar-refractivity contribution in [2.75, 3.05) is 0 Å². The van der Waals surface area contributed by atoms with Crippen molar-refractivity contribution in [1.29, 1.82) is 0 Å². The minimum Gasteiger partial charge on any atom is -0.466 e. The fourth-order valence-electron chi connectivity index (χ4n) is 1.89. The van der Waals surface area contributed by atoms with E-state index in [4.69, 9.17) is 4.42 Å². The number of hydrogen-bond acceptors (Lipinski definition) is 2. The van der Waals surface area contributed by atoms with Crippen LogP contribution < -0.4 is 0 Å². The zero-order valence-corrected chi connectivity index (χ0v) is 9.02. The number of rotatable bonds is 3. The second kappa shape index (κ2) is 3.26. The van der Waals surface area contributed by atoms with E-state index < -0.39 is 0 Å². The number of carbonyl (C=O) groups is 1.